The first-order chi connectivity index (χ1) is 8.35. The maximum Gasteiger partial charge on any atom is 0.145 e. The van der Waals surface area contributed by atoms with E-state index in [0.29, 0.717) is 0 Å². The Labute approximate surface area is 99.5 Å². The molecule has 17 heavy (non-hydrogen) atoms. The van der Waals surface area contributed by atoms with Crippen LogP contribution >= 0.6 is 0 Å². The summed E-state index contributed by atoms with van der Waals surface area (Å²) >= 11 is 0. The summed E-state index contributed by atoms with van der Waals surface area (Å²) in [6, 6.07) is 10.5. The predicted octanol–water partition coefficient (Wildman–Crippen LogP) is 2.09. The second-order valence-corrected chi connectivity index (χ2v) is 4.06. The Hall–Kier alpha value is -2.09. The van der Waals surface area contributed by atoms with E-state index in [1.807, 2.05) is 13.8 Å². The zero-order valence-electron chi connectivity index (χ0n) is 10.0. The summed E-state index contributed by atoms with van der Waals surface area (Å²) in [5.74, 6) is 0. The number of nitrogens with zero attached hydrogens (tertiary/aromatic N) is 2. The molecule has 3 aromatic rings. The van der Waals surface area contributed by atoms with Gasteiger partial charge in [0.1, 0.15) is 5.65 Å². The molecule has 0 saturated heterocycles. The first kappa shape index (κ1) is 10.1. The molecule has 0 radical (unpaired) electrons. The molecule has 0 saturated carbocycles. The van der Waals surface area contributed by atoms with Gasteiger partial charge in [0.25, 0.3) is 0 Å². The molecule has 0 aliphatic heterocycles. The molecule has 0 aliphatic rings. The van der Waals surface area contributed by atoms with E-state index in [-0.39, 0.29) is 0 Å². The van der Waals surface area contributed by atoms with Crippen LogP contribution in [0.3, 0.4) is 0 Å². The third kappa shape index (κ3) is 1.37. The van der Waals surface area contributed by atoms with Gasteiger partial charge >= 0.3 is 0 Å². The van der Waals surface area contributed by atoms with Crippen LogP contribution in [-0.4, -0.2) is 9.38 Å². The Kier molecular flexibility index (Phi) is 2.22. The molecule has 0 amide bonds. The van der Waals surface area contributed by atoms with Crippen LogP contribution in [0.1, 0.15) is 13.8 Å². The van der Waals surface area contributed by atoms with E-state index in [4.69, 9.17) is 4.98 Å². The molecule has 0 unspecified atom stereocenters. The zero-order chi connectivity index (χ0) is 11.8. The number of imidazole rings is 1. The predicted molar refractivity (Wildman–Crippen MR) is 72.2 cm³/mol. The first-order valence-corrected chi connectivity index (χ1v) is 5.83. The Morgan fingerprint density at radius 2 is 1.88 bits per heavy atom. The largest absolute Gasteiger partial charge is 0.299 e. The van der Waals surface area contributed by atoms with Crippen molar-refractivity contribution in [2.75, 3.05) is 0 Å². The Morgan fingerprint density at radius 3 is 2.65 bits per heavy atom. The number of fused-ring (bicyclic) bond motifs is 3. The monoisotopic (exact) mass is 222 g/mol. The molecule has 1 aromatic carbocycles. The summed E-state index contributed by atoms with van der Waals surface area (Å²) in [6.45, 7) is 4.07. The number of rotatable bonds is 0. The molecule has 0 fully saturated rings. The molecule has 0 N–H and O–H groups in total. The van der Waals surface area contributed by atoms with Crippen LogP contribution in [0.15, 0.2) is 36.5 Å². The lowest BCUT2D eigenvalue weighted by molar-refractivity contribution is 1.14. The van der Waals surface area contributed by atoms with Crippen LogP contribution in [0.2, 0.25) is 0 Å². The summed E-state index contributed by atoms with van der Waals surface area (Å²) in [6.07, 6.45) is 6.24. The Morgan fingerprint density at radius 1 is 1.06 bits per heavy atom. The second kappa shape index (κ2) is 3.74. The molecular weight excluding hydrogens is 208 g/mol. The molecular formula is C15H14N2. The molecule has 0 atom stereocenters. The van der Waals surface area contributed by atoms with Crippen molar-refractivity contribution in [3.8, 4) is 0 Å². The first-order valence-electron chi connectivity index (χ1n) is 5.83. The zero-order valence-corrected chi connectivity index (χ0v) is 10.0. The van der Waals surface area contributed by atoms with Gasteiger partial charge in [-0.1, -0.05) is 36.4 Å². The molecule has 2 heterocycles. The van der Waals surface area contributed by atoms with Gasteiger partial charge in [-0.25, -0.2) is 4.98 Å². The summed E-state index contributed by atoms with van der Waals surface area (Å²) in [4.78, 5) is 4.71. The van der Waals surface area contributed by atoms with Crippen molar-refractivity contribution in [1.82, 2.24) is 9.38 Å². The topological polar surface area (TPSA) is 17.3 Å². The smallest absolute Gasteiger partial charge is 0.145 e. The highest BCUT2D eigenvalue weighted by Gasteiger charge is 2.03. The van der Waals surface area contributed by atoms with E-state index in [0.717, 1.165) is 16.3 Å². The molecule has 0 aliphatic carbocycles. The van der Waals surface area contributed by atoms with Gasteiger partial charge in [-0.2, -0.15) is 0 Å². The summed E-state index contributed by atoms with van der Waals surface area (Å²) in [5, 5.41) is 4.64. The fourth-order valence-corrected chi connectivity index (χ4v) is 2.30. The minimum atomic E-state index is 1.03. The highest BCUT2D eigenvalue weighted by molar-refractivity contribution is 5.93. The van der Waals surface area contributed by atoms with Gasteiger partial charge in [-0.15, -0.1) is 0 Å². The van der Waals surface area contributed by atoms with Gasteiger partial charge in [-0.3, -0.25) is 4.40 Å². The van der Waals surface area contributed by atoms with Crippen molar-refractivity contribution < 1.29 is 0 Å². The van der Waals surface area contributed by atoms with Crippen LogP contribution < -0.4 is 10.7 Å². The SMILES string of the molecule is C/C=c1/nc2c3ccccc3ccn2/c1=C/C. The molecule has 84 valence electrons. The molecule has 2 aromatic heterocycles. The minimum absolute atomic E-state index is 1.03. The number of hydrogen-bond donors (Lipinski definition) is 0. The lowest BCUT2D eigenvalue weighted by Crippen LogP contribution is -2.26. The lowest BCUT2D eigenvalue weighted by atomic mass is 10.2. The summed E-state index contributed by atoms with van der Waals surface area (Å²) in [7, 11) is 0. The van der Waals surface area contributed by atoms with Crippen LogP contribution in [0.4, 0.5) is 0 Å². The highest BCUT2D eigenvalue weighted by atomic mass is 15.0. The number of pyridine rings is 1. The van der Waals surface area contributed by atoms with E-state index < -0.39 is 0 Å². The molecule has 3 rings (SSSR count). The quantitative estimate of drug-likeness (QED) is 0.569. The molecule has 0 bridgehead atoms. The van der Waals surface area contributed by atoms with Crippen LogP contribution in [-0.2, 0) is 0 Å². The van der Waals surface area contributed by atoms with Crippen molar-refractivity contribution in [2.24, 2.45) is 0 Å². The van der Waals surface area contributed by atoms with Crippen molar-refractivity contribution in [3.63, 3.8) is 0 Å². The standard InChI is InChI=1S/C15H14N2/c1-3-13-14(4-2)17-10-9-11-7-5-6-8-12(11)15(17)16-13/h3-10H,1-2H3/b13-3+,14-4+. The second-order valence-electron chi connectivity index (χ2n) is 4.06. The van der Waals surface area contributed by atoms with Gasteiger partial charge < -0.3 is 0 Å². The van der Waals surface area contributed by atoms with Gasteiger partial charge in [0.05, 0.1) is 10.7 Å². The van der Waals surface area contributed by atoms with E-state index in [9.17, 15) is 0 Å². The van der Waals surface area contributed by atoms with Crippen molar-refractivity contribution in [2.45, 2.75) is 13.8 Å². The van der Waals surface area contributed by atoms with Gasteiger partial charge in [-0.05, 0) is 25.3 Å². The van der Waals surface area contributed by atoms with Gasteiger partial charge in [0.2, 0.25) is 0 Å². The van der Waals surface area contributed by atoms with Crippen LogP contribution in [0, 0.1) is 0 Å². The van der Waals surface area contributed by atoms with Gasteiger partial charge in [0.15, 0.2) is 0 Å². The van der Waals surface area contributed by atoms with Gasteiger partial charge in [0, 0.05) is 11.6 Å². The fraction of sp³-hybridized carbons (Fsp3) is 0.133. The third-order valence-corrected chi connectivity index (χ3v) is 3.13. The van der Waals surface area contributed by atoms with E-state index >= 15 is 0 Å². The molecule has 2 nitrogen and oxygen atoms in total. The lowest BCUT2D eigenvalue weighted by Gasteiger charge is -1.99. The maximum atomic E-state index is 4.71. The van der Waals surface area contributed by atoms with Crippen LogP contribution in [0.5, 0.6) is 0 Å². The van der Waals surface area contributed by atoms with Crippen molar-refractivity contribution in [3.05, 3.63) is 47.2 Å². The van der Waals surface area contributed by atoms with Crippen molar-refractivity contribution >= 4 is 28.6 Å². The maximum absolute atomic E-state index is 4.71. The number of benzene rings is 1. The Balaban J connectivity index is 2.67. The van der Waals surface area contributed by atoms with E-state index in [2.05, 4.69) is 53.1 Å². The molecule has 0 spiro atoms. The summed E-state index contributed by atoms with van der Waals surface area (Å²) in [5.41, 5.74) is 1.03. The van der Waals surface area contributed by atoms with Crippen molar-refractivity contribution in [1.29, 1.82) is 0 Å². The number of hydrogen-bond acceptors (Lipinski definition) is 1. The average Bonchev–Trinajstić information content (AvgIpc) is 2.76. The molecule has 2 heteroatoms. The third-order valence-electron chi connectivity index (χ3n) is 3.13. The summed E-state index contributed by atoms with van der Waals surface area (Å²) < 4.78 is 2.15. The number of aromatic nitrogens is 2. The average molecular weight is 222 g/mol. The van der Waals surface area contributed by atoms with Crippen LogP contribution in [0.25, 0.3) is 28.6 Å². The normalized spacial score (nSPS) is 14.0. The van der Waals surface area contributed by atoms with E-state index in [1.54, 1.807) is 0 Å². The fourth-order valence-electron chi connectivity index (χ4n) is 2.30. The highest BCUT2D eigenvalue weighted by Crippen LogP contribution is 2.15. The minimum Gasteiger partial charge on any atom is -0.299 e. The van der Waals surface area contributed by atoms with E-state index in [1.165, 1.54) is 10.8 Å². The Bertz CT molecular complexity index is 810.